The van der Waals surface area contributed by atoms with Crippen LogP contribution in [-0.4, -0.2) is 9.97 Å². The van der Waals surface area contributed by atoms with E-state index in [2.05, 4.69) is 23.8 Å². The molecule has 94 valence electrons. The van der Waals surface area contributed by atoms with Gasteiger partial charge in [0.05, 0.1) is 0 Å². The second kappa shape index (κ2) is 5.03. The van der Waals surface area contributed by atoms with Crippen molar-refractivity contribution >= 4 is 5.82 Å². The molecular formula is C14H23N3. The Kier molecular flexibility index (Phi) is 3.65. The molecule has 0 bridgehead atoms. The van der Waals surface area contributed by atoms with Crippen LogP contribution in [0.4, 0.5) is 5.82 Å². The molecule has 17 heavy (non-hydrogen) atoms. The number of rotatable bonds is 2. The molecule has 1 heterocycles. The van der Waals surface area contributed by atoms with E-state index < -0.39 is 0 Å². The molecule has 1 aromatic heterocycles. The van der Waals surface area contributed by atoms with Crippen molar-refractivity contribution in [1.29, 1.82) is 0 Å². The van der Waals surface area contributed by atoms with Gasteiger partial charge in [-0.05, 0) is 32.1 Å². The zero-order valence-corrected chi connectivity index (χ0v) is 11.2. The summed E-state index contributed by atoms with van der Waals surface area (Å²) in [4.78, 5) is 9.20. The Labute approximate surface area is 104 Å². The summed E-state index contributed by atoms with van der Waals surface area (Å²) in [7, 11) is 0. The largest absolute Gasteiger partial charge is 0.383 e. The van der Waals surface area contributed by atoms with E-state index in [0.717, 1.165) is 29.4 Å². The van der Waals surface area contributed by atoms with Gasteiger partial charge in [0, 0.05) is 17.2 Å². The molecule has 0 saturated heterocycles. The third kappa shape index (κ3) is 2.59. The van der Waals surface area contributed by atoms with Gasteiger partial charge in [-0.15, -0.1) is 0 Å². The minimum Gasteiger partial charge on any atom is -0.383 e. The number of aryl methyl sites for hydroxylation is 1. The monoisotopic (exact) mass is 233 g/mol. The highest BCUT2D eigenvalue weighted by Crippen LogP contribution is 2.35. The van der Waals surface area contributed by atoms with Crippen LogP contribution in [0.15, 0.2) is 0 Å². The molecule has 2 unspecified atom stereocenters. The summed E-state index contributed by atoms with van der Waals surface area (Å²) in [6.07, 6.45) is 5.99. The normalized spacial score (nSPS) is 24.9. The molecule has 0 aliphatic heterocycles. The average Bonchev–Trinajstić information content (AvgIpc) is 2.28. The topological polar surface area (TPSA) is 51.8 Å². The molecule has 2 N–H and O–H groups in total. The molecule has 1 aliphatic carbocycles. The molecule has 0 amide bonds. The molecule has 3 nitrogen and oxygen atoms in total. The van der Waals surface area contributed by atoms with Crippen LogP contribution in [0.25, 0.3) is 0 Å². The highest BCUT2D eigenvalue weighted by atomic mass is 15.0. The van der Waals surface area contributed by atoms with Crippen molar-refractivity contribution in [1.82, 2.24) is 9.97 Å². The quantitative estimate of drug-likeness (QED) is 0.853. The van der Waals surface area contributed by atoms with Gasteiger partial charge in [-0.1, -0.05) is 26.7 Å². The molecule has 0 aromatic carbocycles. The van der Waals surface area contributed by atoms with E-state index in [1.54, 1.807) is 0 Å². The lowest BCUT2D eigenvalue weighted by atomic mass is 9.82. The predicted molar refractivity (Wildman–Crippen MR) is 70.9 cm³/mol. The van der Waals surface area contributed by atoms with Crippen LogP contribution < -0.4 is 5.73 Å². The molecule has 2 rings (SSSR count). The Morgan fingerprint density at radius 1 is 1.29 bits per heavy atom. The van der Waals surface area contributed by atoms with E-state index in [9.17, 15) is 0 Å². The minimum absolute atomic E-state index is 0.519. The Morgan fingerprint density at radius 3 is 2.65 bits per heavy atom. The van der Waals surface area contributed by atoms with Crippen molar-refractivity contribution < 1.29 is 0 Å². The molecule has 1 aliphatic rings. The first-order valence-corrected chi connectivity index (χ1v) is 6.74. The number of nitrogens with zero attached hydrogens (tertiary/aromatic N) is 2. The number of nitrogens with two attached hydrogens (primary N) is 1. The zero-order chi connectivity index (χ0) is 12.4. The van der Waals surface area contributed by atoms with E-state index in [1.165, 1.54) is 25.7 Å². The first-order valence-electron chi connectivity index (χ1n) is 6.74. The van der Waals surface area contributed by atoms with Crippen LogP contribution in [0.3, 0.4) is 0 Å². The zero-order valence-electron chi connectivity index (χ0n) is 11.2. The van der Waals surface area contributed by atoms with Crippen molar-refractivity contribution in [3.63, 3.8) is 0 Å². The maximum absolute atomic E-state index is 6.02. The second-order valence-corrected chi connectivity index (χ2v) is 5.35. The van der Waals surface area contributed by atoms with E-state index >= 15 is 0 Å². The van der Waals surface area contributed by atoms with Gasteiger partial charge in [0.15, 0.2) is 0 Å². The van der Waals surface area contributed by atoms with Crippen LogP contribution in [0.5, 0.6) is 0 Å². The molecule has 0 radical (unpaired) electrons. The highest BCUT2D eigenvalue weighted by Gasteiger charge is 2.23. The number of aromatic nitrogens is 2. The van der Waals surface area contributed by atoms with Crippen LogP contribution in [0, 0.1) is 12.8 Å². The third-order valence-corrected chi connectivity index (χ3v) is 3.92. The number of anilines is 1. The van der Waals surface area contributed by atoms with Crippen LogP contribution in [0.1, 0.15) is 62.5 Å². The van der Waals surface area contributed by atoms with E-state index in [4.69, 9.17) is 5.73 Å². The summed E-state index contributed by atoms with van der Waals surface area (Å²) in [5.74, 6) is 2.98. The fourth-order valence-corrected chi connectivity index (χ4v) is 2.93. The highest BCUT2D eigenvalue weighted by molar-refractivity contribution is 5.42. The SMILES string of the molecule is CCc1c(C)nc(C2CCCC(C)C2)nc1N. The van der Waals surface area contributed by atoms with Gasteiger partial charge in [0.25, 0.3) is 0 Å². The Bertz CT molecular complexity index is 377. The number of nitrogen functional groups attached to an aromatic ring is 1. The Hall–Kier alpha value is -1.12. The van der Waals surface area contributed by atoms with Crippen LogP contribution in [-0.2, 0) is 6.42 Å². The molecule has 0 spiro atoms. The molecular weight excluding hydrogens is 210 g/mol. The van der Waals surface area contributed by atoms with E-state index in [0.29, 0.717) is 11.7 Å². The first kappa shape index (κ1) is 12.3. The Balaban J connectivity index is 2.27. The van der Waals surface area contributed by atoms with Gasteiger partial charge < -0.3 is 5.73 Å². The molecule has 3 heteroatoms. The maximum atomic E-state index is 6.02. The smallest absolute Gasteiger partial charge is 0.134 e. The van der Waals surface area contributed by atoms with E-state index in [-0.39, 0.29) is 0 Å². The molecule has 2 atom stereocenters. The predicted octanol–water partition coefficient (Wildman–Crippen LogP) is 3.22. The Morgan fingerprint density at radius 2 is 2.06 bits per heavy atom. The summed E-state index contributed by atoms with van der Waals surface area (Å²) < 4.78 is 0. The average molecular weight is 233 g/mol. The van der Waals surface area contributed by atoms with Crippen molar-refractivity contribution in [3.05, 3.63) is 17.1 Å². The van der Waals surface area contributed by atoms with Crippen molar-refractivity contribution in [3.8, 4) is 0 Å². The fourth-order valence-electron chi connectivity index (χ4n) is 2.93. The molecule has 1 fully saturated rings. The standard InChI is InChI=1S/C14H23N3/c1-4-12-10(3)16-14(17-13(12)15)11-7-5-6-9(2)8-11/h9,11H,4-8H2,1-3H3,(H2,15,16,17). The maximum Gasteiger partial charge on any atom is 0.134 e. The van der Waals surface area contributed by atoms with Gasteiger partial charge >= 0.3 is 0 Å². The van der Waals surface area contributed by atoms with Crippen molar-refractivity contribution in [2.24, 2.45) is 5.92 Å². The minimum atomic E-state index is 0.519. The van der Waals surface area contributed by atoms with Crippen LogP contribution >= 0.6 is 0 Å². The van der Waals surface area contributed by atoms with Crippen molar-refractivity contribution in [2.75, 3.05) is 5.73 Å². The van der Waals surface area contributed by atoms with E-state index in [1.807, 2.05) is 6.92 Å². The summed E-state index contributed by atoms with van der Waals surface area (Å²) in [5.41, 5.74) is 8.19. The van der Waals surface area contributed by atoms with Gasteiger partial charge in [-0.3, -0.25) is 0 Å². The summed E-state index contributed by atoms with van der Waals surface area (Å²) in [6.45, 7) is 6.47. The summed E-state index contributed by atoms with van der Waals surface area (Å²) in [5, 5.41) is 0. The molecule has 1 saturated carbocycles. The van der Waals surface area contributed by atoms with Gasteiger partial charge in [0.2, 0.25) is 0 Å². The van der Waals surface area contributed by atoms with Crippen LogP contribution in [0.2, 0.25) is 0 Å². The lowest BCUT2D eigenvalue weighted by Gasteiger charge is -2.26. The summed E-state index contributed by atoms with van der Waals surface area (Å²) in [6, 6.07) is 0. The third-order valence-electron chi connectivity index (χ3n) is 3.92. The number of hydrogen-bond donors (Lipinski definition) is 1. The van der Waals surface area contributed by atoms with Gasteiger partial charge in [0.1, 0.15) is 11.6 Å². The first-order chi connectivity index (χ1) is 8.11. The fraction of sp³-hybridized carbons (Fsp3) is 0.714. The molecule has 1 aromatic rings. The second-order valence-electron chi connectivity index (χ2n) is 5.35. The van der Waals surface area contributed by atoms with Crippen molar-refractivity contribution in [2.45, 2.75) is 58.8 Å². The lowest BCUT2D eigenvalue weighted by molar-refractivity contribution is 0.335. The number of hydrogen-bond acceptors (Lipinski definition) is 3. The summed E-state index contributed by atoms with van der Waals surface area (Å²) >= 11 is 0. The lowest BCUT2D eigenvalue weighted by Crippen LogP contribution is -2.16. The van der Waals surface area contributed by atoms with Gasteiger partial charge in [-0.2, -0.15) is 0 Å². The van der Waals surface area contributed by atoms with Gasteiger partial charge in [-0.25, -0.2) is 9.97 Å².